The quantitative estimate of drug-likeness (QED) is 0.672. The molecule has 0 atom stereocenters. The molecule has 0 spiro atoms. The van der Waals surface area contributed by atoms with Crippen LogP contribution in [-0.4, -0.2) is 15.1 Å². The van der Waals surface area contributed by atoms with E-state index in [9.17, 15) is 5.11 Å². The first-order valence-corrected chi connectivity index (χ1v) is 3.94. The molecule has 4 nitrogen and oxygen atoms in total. The zero-order valence-corrected chi connectivity index (χ0v) is 6.94. The van der Waals surface area contributed by atoms with Crippen molar-refractivity contribution in [3.8, 4) is 5.75 Å². The Morgan fingerprint density at radius 1 is 1.31 bits per heavy atom. The van der Waals surface area contributed by atoms with Crippen LogP contribution in [0.2, 0.25) is 0 Å². The molecule has 0 radical (unpaired) electrons. The summed E-state index contributed by atoms with van der Waals surface area (Å²) in [6, 6.07) is 5.19. The van der Waals surface area contributed by atoms with Crippen LogP contribution in [0.3, 0.4) is 0 Å². The lowest BCUT2D eigenvalue weighted by molar-refractivity contribution is 0.480. The van der Waals surface area contributed by atoms with Gasteiger partial charge < -0.3 is 10.8 Å². The maximum absolute atomic E-state index is 9.46. The van der Waals surface area contributed by atoms with Crippen LogP contribution >= 0.6 is 0 Å². The molecule has 0 bridgehead atoms. The number of para-hydroxylation sites is 1. The van der Waals surface area contributed by atoms with E-state index in [1.54, 1.807) is 12.1 Å². The number of aromatic nitrogens is 2. The van der Waals surface area contributed by atoms with Crippen LogP contribution in [0.4, 0.5) is 0 Å². The van der Waals surface area contributed by atoms with Gasteiger partial charge in [0.2, 0.25) is 0 Å². The summed E-state index contributed by atoms with van der Waals surface area (Å²) in [7, 11) is 0. The van der Waals surface area contributed by atoms with Gasteiger partial charge in [-0.15, -0.1) is 0 Å². The molecular formula is C9H9N3O. The minimum absolute atomic E-state index is 0.162. The fourth-order valence-electron chi connectivity index (χ4n) is 1.29. The molecule has 0 aliphatic rings. The molecule has 0 saturated carbocycles. The highest BCUT2D eigenvalue weighted by atomic mass is 16.3. The summed E-state index contributed by atoms with van der Waals surface area (Å²) in [4.78, 5) is 7.99. The molecule has 66 valence electrons. The number of fused-ring (bicyclic) bond motifs is 1. The Kier molecular flexibility index (Phi) is 1.83. The van der Waals surface area contributed by atoms with Crippen LogP contribution in [0.1, 0.15) is 5.69 Å². The Balaban J connectivity index is 2.84. The van der Waals surface area contributed by atoms with E-state index in [2.05, 4.69) is 9.97 Å². The van der Waals surface area contributed by atoms with Gasteiger partial charge in [-0.25, -0.2) is 9.97 Å². The van der Waals surface area contributed by atoms with Gasteiger partial charge in [0.25, 0.3) is 0 Å². The van der Waals surface area contributed by atoms with Gasteiger partial charge >= 0.3 is 0 Å². The first-order valence-electron chi connectivity index (χ1n) is 3.94. The number of phenols is 1. The lowest BCUT2D eigenvalue weighted by atomic mass is 10.2. The van der Waals surface area contributed by atoms with Gasteiger partial charge in [-0.1, -0.05) is 12.1 Å². The van der Waals surface area contributed by atoms with Gasteiger partial charge in [-0.3, -0.25) is 0 Å². The maximum Gasteiger partial charge on any atom is 0.141 e. The van der Waals surface area contributed by atoms with Gasteiger partial charge in [0, 0.05) is 11.9 Å². The summed E-state index contributed by atoms with van der Waals surface area (Å²) >= 11 is 0. The van der Waals surface area contributed by atoms with Crippen LogP contribution in [0.25, 0.3) is 10.9 Å². The number of nitrogens with zero attached hydrogens (tertiary/aromatic N) is 2. The second kappa shape index (κ2) is 2.99. The predicted molar refractivity (Wildman–Crippen MR) is 49.1 cm³/mol. The van der Waals surface area contributed by atoms with E-state index in [0.29, 0.717) is 12.1 Å². The van der Waals surface area contributed by atoms with Crippen molar-refractivity contribution in [3.63, 3.8) is 0 Å². The maximum atomic E-state index is 9.46. The highest BCUT2D eigenvalue weighted by Gasteiger charge is 2.04. The Bertz CT molecular complexity index is 442. The second-order valence-electron chi connectivity index (χ2n) is 2.70. The van der Waals surface area contributed by atoms with E-state index in [0.717, 1.165) is 11.1 Å². The lowest BCUT2D eigenvalue weighted by Crippen LogP contribution is -2.01. The van der Waals surface area contributed by atoms with Crippen molar-refractivity contribution in [3.05, 3.63) is 30.2 Å². The highest BCUT2D eigenvalue weighted by molar-refractivity contribution is 5.85. The average molecular weight is 175 g/mol. The van der Waals surface area contributed by atoms with Crippen LogP contribution < -0.4 is 5.73 Å². The van der Waals surface area contributed by atoms with Crippen molar-refractivity contribution < 1.29 is 5.11 Å². The van der Waals surface area contributed by atoms with Crippen molar-refractivity contribution >= 4 is 10.9 Å². The zero-order chi connectivity index (χ0) is 9.26. The van der Waals surface area contributed by atoms with Crippen molar-refractivity contribution in [1.82, 2.24) is 9.97 Å². The number of aromatic hydroxyl groups is 1. The van der Waals surface area contributed by atoms with Crippen molar-refractivity contribution in [2.75, 3.05) is 0 Å². The summed E-state index contributed by atoms with van der Waals surface area (Å²) in [6.07, 6.45) is 1.41. The Labute approximate surface area is 75.1 Å². The molecule has 1 aromatic carbocycles. The smallest absolute Gasteiger partial charge is 0.141 e. The van der Waals surface area contributed by atoms with E-state index in [-0.39, 0.29) is 5.75 Å². The highest BCUT2D eigenvalue weighted by Crippen LogP contribution is 2.22. The van der Waals surface area contributed by atoms with Crippen LogP contribution in [-0.2, 0) is 6.54 Å². The Morgan fingerprint density at radius 3 is 2.92 bits per heavy atom. The molecular weight excluding hydrogens is 166 g/mol. The molecule has 0 saturated heterocycles. The first kappa shape index (κ1) is 7.94. The Morgan fingerprint density at radius 2 is 2.15 bits per heavy atom. The molecule has 0 aliphatic carbocycles. The number of hydrogen-bond acceptors (Lipinski definition) is 4. The van der Waals surface area contributed by atoms with E-state index >= 15 is 0 Å². The summed E-state index contributed by atoms with van der Waals surface area (Å²) < 4.78 is 0. The fraction of sp³-hybridized carbons (Fsp3) is 0.111. The molecule has 2 rings (SSSR count). The third-order valence-corrected chi connectivity index (χ3v) is 1.92. The Hall–Kier alpha value is -1.68. The number of rotatable bonds is 1. The third-order valence-electron chi connectivity index (χ3n) is 1.92. The van der Waals surface area contributed by atoms with Gasteiger partial charge in [0.1, 0.15) is 17.6 Å². The second-order valence-corrected chi connectivity index (χ2v) is 2.70. The predicted octanol–water partition coefficient (Wildman–Crippen LogP) is 0.794. The van der Waals surface area contributed by atoms with Crippen LogP contribution in [0.5, 0.6) is 5.75 Å². The summed E-state index contributed by atoms with van der Waals surface area (Å²) in [6.45, 7) is 0.350. The molecule has 13 heavy (non-hydrogen) atoms. The van der Waals surface area contributed by atoms with Crippen molar-refractivity contribution in [1.29, 1.82) is 0 Å². The monoisotopic (exact) mass is 175 g/mol. The molecule has 0 fully saturated rings. The summed E-state index contributed by atoms with van der Waals surface area (Å²) in [5.41, 5.74) is 6.80. The van der Waals surface area contributed by atoms with Crippen molar-refractivity contribution in [2.24, 2.45) is 5.73 Å². The van der Waals surface area contributed by atoms with Crippen molar-refractivity contribution in [2.45, 2.75) is 6.54 Å². The lowest BCUT2D eigenvalue weighted by Gasteiger charge is -2.02. The molecule has 0 aliphatic heterocycles. The number of hydrogen-bond donors (Lipinski definition) is 2. The minimum atomic E-state index is 0.162. The number of benzene rings is 1. The molecule has 0 unspecified atom stereocenters. The first-order chi connectivity index (χ1) is 6.33. The van der Waals surface area contributed by atoms with Gasteiger partial charge in [0.15, 0.2) is 0 Å². The van der Waals surface area contributed by atoms with E-state index in [1.165, 1.54) is 6.33 Å². The van der Waals surface area contributed by atoms with Crippen LogP contribution in [0, 0.1) is 0 Å². The number of phenolic OH excluding ortho intramolecular Hbond substituents is 1. The molecule has 3 N–H and O–H groups in total. The summed E-state index contributed by atoms with van der Waals surface area (Å²) in [5, 5.41) is 10.3. The topological polar surface area (TPSA) is 72.0 Å². The zero-order valence-electron chi connectivity index (χ0n) is 6.94. The van der Waals surface area contributed by atoms with Gasteiger partial charge in [-0.05, 0) is 6.07 Å². The molecule has 1 heterocycles. The molecule has 2 aromatic rings. The standard InChI is InChI=1S/C9H9N3O/c10-4-7-6-2-1-3-8(13)9(6)12-5-11-7/h1-3,5,13H,4,10H2. The van der Waals surface area contributed by atoms with E-state index in [4.69, 9.17) is 5.73 Å². The number of nitrogens with two attached hydrogens (primary N) is 1. The van der Waals surface area contributed by atoms with Gasteiger partial charge in [0.05, 0.1) is 5.69 Å². The van der Waals surface area contributed by atoms with Gasteiger partial charge in [-0.2, -0.15) is 0 Å². The van der Waals surface area contributed by atoms with Crippen LogP contribution in [0.15, 0.2) is 24.5 Å². The minimum Gasteiger partial charge on any atom is -0.506 e. The van der Waals surface area contributed by atoms with E-state index < -0.39 is 0 Å². The third kappa shape index (κ3) is 1.21. The average Bonchev–Trinajstić information content (AvgIpc) is 2.18. The largest absolute Gasteiger partial charge is 0.506 e. The summed E-state index contributed by atoms with van der Waals surface area (Å²) in [5.74, 6) is 0.162. The SMILES string of the molecule is NCc1ncnc2c(O)cccc12. The normalized spacial score (nSPS) is 10.5. The molecule has 4 heteroatoms. The van der Waals surface area contributed by atoms with E-state index in [1.807, 2.05) is 6.07 Å². The molecule has 0 amide bonds. The fourth-order valence-corrected chi connectivity index (χ4v) is 1.29. The molecule has 1 aromatic heterocycles.